The highest BCUT2D eigenvalue weighted by molar-refractivity contribution is 4.79. The lowest BCUT2D eigenvalue weighted by molar-refractivity contribution is 0.183. The lowest BCUT2D eigenvalue weighted by Crippen LogP contribution is -2.51. The molecule has 0 radical (unpaired) electrons. The molecule has 0 spiro atoms. The van der Waals surface area contributed by atoms with Crippen molar-refractivity contribution >= 4 is 0 Å². The van der Waals surface area contributed by atoms with Crippen molar-refractivity contribution in [3.05, 3.63) is 0 Å². The van der Waals surface area contributed by atoms with Gasteiger partial charge in [0.2, 0.25) is 0 Å². The third-order valence-corrected chi connectivity index (χ3v) is 3.42. The van der Waals surface area contributed by atoms with Crippen molar-refractivity contribution in [1.29, 1.82) is 0 Å². The SMILES string of the molecule is CCCCCCN1CCNC(CC(C)C)C1. The highest BCUT2D eigenvalue weighted by Crippen LogP contribution is 2.10. The zero-order valence-corrected chi connectivity index (χ0v) is 11.5. The Bertz CT molecular complexity index is 168. The molecule has 1 rings (SSSR count). The van der Waals surface area contributed by atoms with E-state index in [1.54, 1.807) is 0 Å². The van der Waals surface area contributed by atoms with E-state index in [9.17, 15) is 0 Å². The van der Waals surface area contributed by atoms with Crippen LogP contribution in [-0.4, -0.2) is 37.1 Å². The first-order valence-electron chi connectivity index (χ1n) is 7.18. The molecular formula is C14H30N2. The van der Waals surface area contributed by atoms with Gasteiger partial charge in [0.05, 0.1) is 0 Å². The number of nitrogens with zero attached hydrogens (tertiary/aromatic N) is 1. The van der Waals surface area contributed by atoms with Gasteiger partial charge in [-0.3, -0.25) is 0 Å². The fourth-order valence-corrected chi connectivity index (χ4v) is 2.59. The minimum absolute atomic E-state index is 0.736. The van der Waals surface area contributed by atoms with E-state index < -0.39 is 0 Å². The van der Waals surface area contributed by atoms with E-state index in [0.29, 0.717) is 0 Å². The Morgan fingerprint density at radius 3 is 2.75 bits per heavy atom. The molecule has 0 aromatic rings. The van der Waals surface area contributed by atoms with Crippen molar-refractivity contribution < 1.29 is 0 Å². The summed E-state index contributed by atoms with van der Waals surface area (Å²) >= 11 is 0. The standard InChI is InChI=1S/C14H30N2/c1-4-5-6-7-9-16-10-8-15-14(12-16)11-13(2)3/h13-15H,4-12H2,1-3H3. The molecule has 1 heterocycles. The maximum atomic E-state index is 3.64. The van der Waals surface area contributed by atoms with E-state index in [-0.39, 0.29) is 0 Å². The zero-order chi connectivity index (χ0) is 11.8. The van der Waals surface area contributed by atoms with E-state index in [0.717, 1.165) is 12.0 Å². The maximum Gasteiger partial charge on any atom is 0.0197 e. The molecule has 0 aromatic heterocycles. The fourth-order valence-electron chi connectivity index (χ4n) is 2.59. The molecule has 0 aliphatic carbocycles. The van der Waals surface area contributed by atoms with Crippen molar-refractivity contribution in [3.8, 4) is 0 Å². The molecular weight excluding hydrogens is 196 g/mol. The minimum Gasteiger partial charge on any atom is -0.311 e. The van der Waals surface area contributed by atoms with Crippen LogP contribution in [0.3, 0.4) is 0 Å². The van der Waals surface area contributed by atoms with Crippen LogP contribution >= 0.6 is 0 Å². The molecule has 0 aromatic carbocycles. The smallest absolute Gasteiger partial charge is 0.0197 e. The summed E-state index contributed by atoms with van der Waals surface area (Å²) in [6, 6.07) is 0.736. The number of unbranched alkanes of at least 4 members (excludes halogenated alkanes) is 3. The largest absolute Gasteiger partial charge is 0.311 e. The molecule has 1 unspecified atom stereocenters. The summed E-state index contributed by atoms with van der Waals surface area (Å²) < 4.78 is 0. The minimum atomic E-state index is 0.736. The molecule has 2 nitrogen and oxygen atoms in total. The normalized spacial score (nSPS) is 22.9. The number of hydrogen-bond acceptors (Lipinski definition) is 2. The lowest BCUT2D eigenvalue weighted by Gasteiger charge is -2.34. The van der Waals surface area contributed by atoms with Gasteiger partial charge in [-0.05, 0) is 25.3 Å². The van der Waals surface area contributed by atoms with Crippen molar-refractivity contribution in [2.75, 3.05) is 26.2 Å². The van der Waals surface area contributed by atoms with E-state index in [1.165, 1.54) is 58.3 Å². The van der Waals surface area contributed by atoms with Crippen molar-refractivity contribution in [2.24, 2.45) is 5.92 Å². The molecule has 0 amide bonds. The molecule has 0 saturated carbocycles. The Hall–Kier alpha value is -0.0800. The molecule has 1 atom stereocenters. The van der Waals surface area contributed by atoms with Gasteiger partial charge in [0.15, 0.2) is 0 Å². The highest BCUT2D eigenvalue weighted by Gasteiger charge is 2.19. The molecule has 1 N–H and O–H groups in total. The van der Waals surface area contributed by atoms with E-state index >= 15 is 0 Å². The predicted octanol–water partition coefficient (Wildman–Crippen LogP) is 2.89. The summed E-state index contributed by atoms with van der Waals surface area (Å²) in [5, 5.41) is 3.64. The highest BCUT2D eigenvalue weighted by atomic mass is 15.2. The van der Waals surface area contributed by atoms with Crippen molar-refractivity contribution in [1.82, 2.24) is 10.2 Å². The summed E-state index contributed by atoms with van der Waals surface area (Å²) in [4.78, 5) is 2.65. The molecule has 1 saturated heterocycles. The quantitative estimate of drug-likeness (QED) is 0.672. The van der Waals surface area contributed by atoms with Gasteiger partial charge in [-0.25, -0.2) is 0 Å². The summed E-state index contributed by atoms with van der Waals surface area (Å²) in [6.07, 6.45) is 6.88. The van der Waals surface area contributed by atoms with E-state index in [4.69, 9.17) is 0 Å². The molecule has 16 heavy (non-hydrogen) atoms. The van der Waals surface area contributed by atoms with Crippen LogP contribution in [0.15, 0.2) is 0 Å². The number of nitrogens with one attached hydrogen (secondary N) is 1. The Balaban J connectivity index is 2.12. The summed E-state index contributed by atoms with van der Waals surface area (Å²) in [5.74, 6) is 0.817. The summed E-state index contributed by atoms with van der Waals surface area (Å²) in [5.41, 5.74) is 0. The Kier molecular flexibility index (Phi) is 7.06. The Morgan fingerprint density at radius 2 is 2.06 bits per heavy atom. The average molecular weight is 226 g/mol. The van der Waals surface area contributed by atoms with Crippen LogP contribution in [0.4, 0.5) is 0 Å². The number of hydrogen-bond donors (Lipinski definition) is 1. The third kappa shape index (κ3) is 5.86. The van der Waals surface area contributed by atoms with Crippen LogP contribution in [0.5, 0.6) is 0 Å². The van der Waals surface area contributed by atoms with E-state index in [1.807, 2.05) is 0 Å². The van der Waals surface area contributed by atoms with E-state index in [2.05, 4.69) is 31.0 Å². The zero-order valence-electron chi connectivity index (χ0n) is 11.5. The van der Waals surface area contributed by atoms with Gasteiger partial charge in [0.1, 0.15) is 0 Å². The first-order chi connectivity index (χ1) is 7.72. The van der Waals surface area contributed by atoms with Crippen LogP contribution in [0.25, 0.3) is 0 Å². The lowest BCUT2D eigenvalue weighted by atomic mass is 10.0. The first kappa shape index (κ1) is 14.0. The monoisotopic (exact) mass is 226 g/mol. The average Bonchev–Trinajstić information content (AvgIpc) is 2.24. The maximum absolute atomic E-state index is 3.64. The van der Waals surface area contributed by atoms with Crippen LogP contribution < -0.4 is 5.32 Å². The molecule has 2 heteroatoms. The predicted molar refractivity (Wildman–Crippen MR) is 71.8 cm³/mol. The van der Waals surface area contributed by atoms with Gasteiger partial charge in [-0.1, -0.05) is 40.0 Å². The van der Waals surface area contributed by atoms with Gasteiger partial charge in [0.25, 0.3) is 0 Å². The van der Waals surface area contributed by atoms with Gasteiger partial charge in [-0.2, -0.15) is 0 Å². The van der Waals surface area contributed by atoms with Gasteiger partial charge in [0, 0.05) is 25.7 Å². The summed E-state index contributed by atoms with van der Waals surface area (Å²) in [7, 11) is 0. The van der Waals surface area contributed by atoms with Crippen LogP contribution in [0.1, 0.15) is 52.9 Å². The molecule has 1 aliphatic rings. The van der Waals surface area contributed by atoms with Crippen LogP contribution in [-0.2, 0) is 0 Å². The first-order valence-corrected chi connectivity index (χ1v) is 7.18. The second kappa shape index (κ2) is 8.08. The summed E-state index contributed by atoms with van der Waals surface area (Å²) in [6.45, 7) is 11.9. The molecule has 96 valence electrons. The van der Waals surface area contributed by atoms with Crippen molar-refractivity contribution in [3.63, 3.8) is 0 Å². The van der Waals surface area contributed by atoms with Crippen LogP contribution in [0.2, 0.25) is 0 Å². The third-order valence-electron chi connectivity index (χ3n) is 3.42. The van der Waals surface area contributed by atoms with Gasteiger partial charge < -0.3 is 10.2 Å². The second-order valence-electron chi connectivity index (χ2n) is 5.64. The Morgan fingerprint density at radius 1 is 1.25 bits per heavy atom. The van der Waals surface area contributed by atoms with Gasteiger partial charge >= 0.3 is 0 Å². The van der Waals surface area contributed by atoms with Crippen molar-refractivity contribution in [2.45, 2.75) is 58.9 Å². The second-order valence-corrected chi connectivity index (χ2v) is 5.64. The molecule has 1 aliphatic heterocycles. The molecule has 0 bridgehead atoms. The number of rotatable bonds is 7. The topological polar surface area (TPSA) is 15.3 Å². The molecule has 1 fully saturated rings. The fraction of sp³-hybridized carbons (Fsp3) is 1.00. The van der Waals surface area contributed by atoms with Crippen LogP contribution in [0, 0.1) is 5.92 Å². The number of piperazine rings is 1. The Labute approximate surface area is 102 Å². The van der Waals surface area contributed by atoms with Gasteiger partial charge in [-0.15, -0.1) is 0 Å².